The zero-order valence-electron chi connectivity index (χ0n) is 9.47. The van der Waals surface area contributed by atoms with E-state index in [9.17, 15) is 0 Å². The highest BCUT2D eigenvalue weighted by Crippen LogP contribution is 2.02. The molecule has 0 fully saturated rings. The van der Waals surface area contributed by atoms with Crippen molar-refractivity contribution in [3.8, 4) is 0 Å². The van der Waals surface area contributed by atoms with E-state index in [0.29, 0.717) is 0 Å². The summed E-state index contributed by atoms with van der Waals surface area (Å²) in [4.78, 5) is 0. The second-order valence-corrected chi connectivity index (χ2v) is 3.23. The highest BCUT2D eigenvalue weighted by molar-refractivity contribution is 5.25. The molecule has 0 spiro atoms. The lowest BCUT2D eigenvalue weighted by atomic mass is 10.1. The minimum absolute atomic E-state index is 0.783. The Balaban J connectivity index is 4.11. The van der Waals surface area contributed by atoms with Crippen LogP contribution in [0.1, 0.15) is 13.3 Å². The van der Waals surface area contributed by atoms with E-state index in [-0.39, 0.29) is 0 Å². The molecule has 2 heteroatoms. The van der Waals surface area contributed by atoms with Crippen molar-refractivity contribution in [2.45, 2.75) is 13.3 Å². The molecule has 0 aromatic rings. The van der Waals surface area contributed by atoms with Crippen LogP contribution in [0, 0.1) is 0 Å². The van der Waals surface area contributed by atoms with Crippen LogP contribution in [0.5, 0.6) is 0 Å². The summed E-state index contributed by atoms with van der Waals surface area (Å²) in [6.07, 6.45) is 7.06. The molecule has 2 nitrogen and oxygen atoms in total. The third-order valence-corrected chi connectivity index (χ3v) is 1.93. The largest absolute Gasteiger partial charge is 0.384 e. The van der Waals surface area contributed by atoms with Gasteiger partial charge in [0.2, 0.25) is 0 Å². The summed E-state index contributed by atoms with van der Waals surface area (Å²) in [6, 6.07) is 0. The second kappa shape index (κ2) is 8.73. The van der Waals surface area contributed by atoms with E-state index in [2.05, 4.69) is 31.0 Å². The van der Waals surface area contributed by atoms with Crippen molar-refractivity contribution in [3.63, 3.8) is 0 Å². The molecule has 0 aliphatic carbocycles. The molecule has 80 valence electrons. The summed E-state index contributed by atoms with van der Waals surface area (Å²) in [7, 11) is 3.65. The predicted molar refractivity (Wildman–Crippen MR) is 62.5 cm³/mol. The van der Waals surface area contributed by atoms with E-state index >= 15 is 0 Å². The molecule has 14 heavy (non-hydrogen) atoms. The van der Waals surface area contributed by atoms with Gasteiger partial charge in [0.05, 0.1) is 0 Å². The zero-order valence-corrected chi connectivity index (χ0v) is 9.47. The van der Waals surface area contributed by atoms with Crippen LogP contribution in [-0.4, -0.2) is 27.3 Å². The molecular formula is C12H21NO. The average molecular weight is 195 g/mol. The summed E-state index contributed by atoms with van der Waals surface area (Å²) in [5, 5.41) is 3.09. The molecule has 0 aromatic carbocycles. The van der Waals surface area contributed by atoms with Crippen molar-refractivity contribution in [1.82, 2.24) is 5.32 Å². The summed E-state index contributed by atoms with van der Waals surface area (Å²) in [6.45, 7) is 7.51. The normalized spacial score (nSPS) is 13.1. The van der Waals surface area contributed by atoms with Crippen LogP contribution in [0.2, 0.25) is 0 Å². The number of allylic oxidation sites excluding steroid dienone is 2. The van der Waals surface area contributed by atoms with E-state index in [1.165, 1.54) is 11.1 Å². The SMILES string of the molecule is C=C/C(=C\C=C(\C)CCOC)CNC. The maximum absolute atomic E-state index is 5.00. The molecule has 0 bridgehead atoms. The number of hydrogen-bond acceptors (Lipinski definition) is 2. The Hall–Kier alpha value is -0.860. The fourth-order valence-electron chi connectivity index (χ4n) is 0.999. The van der Waals surface area contributed by atoms with E-state index in [1.54, 1.807) is 7.11 Å². The highest BCUT2D eigenvalue weighted by atomic mass is 16.5. The topological polar surface area (TPSA) is 21.3 Å². The van der Waals surface area contributed by atoms with E-state index in [4.69, 9.17) is 4.74 Å². The molecule has 0 unspecified atom stereocenters. The Labute approximate surface area is 87.3 Å². The molecular weight excluding hydrogens is 174 g/mol. The van der Waals surface area contributed by atoms with Crippen molar-refractivity contribution in [3.05, 3.63) is 36.0 Å². The van der Waals surface area contributed by atoms with Crippen LogP contribution in [-0.2, 0) is 4.74 Å². The third-order valence-electron chi connectivity index (χ3n) is 1.93. The molecule has 0 aliphatic heterocycles. The molecule has 0 aromatic heterocycles. The van der Waals surface area contributed by atoms with Gasteiger partial charge in [-0.2, -0.15) is 0 Å². The van der Waals surface area contributed by atoms with Crippen LogP contribution in [0.3, 0.4) is 0 Å². The lowest BCUT2D eigenvalue weighted by Gasteiger charge is -2.00. The fraction of sp³-hybridized carbons (Fsp3) is 0.500. The van der Waals surface area contributed by atoms with Crippen molar-refractivity contribution >= 4 is 0 Å². The number of likely N-dealkylation sites (N-methyl/N-ethyl adjacent to an activating group) is 1. The highest BCUT2D eigenvalue weighted by Gasteiger charge is 1.89. The Morgan fingerprint density at radius 3 is 2.64 bits per heavy atom. The van der Waals surface area contributed by atoms with E-state index < -0.39 is 0 Å². The van der Waals surface area contributed by atoms with Crippen LogP contribution in [0.4, 0.5) is 0 Å². The summed E-state index contributed by atoms with van der Waals surface area (Å²) >= 11 is 0. The maximum Gasteiger partial charge on any atom is 0.0499 e. The Morgan fingerprint density at radius 1 is 1.43 bits per heavy atom. The predicted octanol–water partition coefficient (Wildman–Crippen LogP) is 2.30. The lowest BCUT2D eigenvalue weighted by Crippen LogP contribution is -2.08. The van der Waals surface area contributed by atoms with Gasteiger partial charge in [-0.25, -0.2) is 0 Å². The van der Waals surface area contributed by atoms with Crippen LogP contribution < -0.4 is 5.32 Å². The molecule has 0 aliphatic rings. The van der Waals surface area contributed by atoms with Crippen LogP contribution in [0.15, 0.2) is 36.0 Å². The van der Waals surface area contributed by atoms with Gasteiger partial charge in [-0.3, -0.25) is 0 Å². The van der Waals surface area contributed by atoms with Gasteiger partial charge in [0.15, 0.2) is 0 Å². The Morgan fingerprint density at radius 2 is 2.14 bits per heavy atom. The number of methoxy groups -OCH3 is 1. The second-order valence-electron chi connectivity index (χ2n) is 3.23. The third kappa shape index (κ3) is 6.63. The van der Waals surface area contributed by atoms with Gasteiger partial charge in [-0.05, 0) is 26.0 Å². The van der Waals surface area contributed by atoms with Crippen LogP contribution in [0.25, 0.3) is 0 Å². The number of nitrogens with one attached hydrogen (secondary N) is 1. The fourth-order valence-corrected chi connectivity index (χ4v) is 0.999. The van der Waals surface area contributed by atoms with E-state index in [1.807, 2.05) is 13.1 Å². The van der Waals surface area contributed by atoms with Gasteiger partial charge in [-0.15, -0.1) is 0 Å². The first kappa shape index (κ1) is 13.1. The summed E-state index contributed by atoms with van der Waals surface area (Å²) in [5.41, 5.74) is 2.52. The van der Waals surface area contributed by atoms with Gasteiger partial charge >= 0.3 is 0 Å². The maximum atomic E-state index is 5.00. The smallest absolute Gasteiger partial charge is 0.0499 e. The Kier molecular flexibility index (Phi) is 8.19. The molecule has 0 saturated carbocycles. The lowest BCUT2D eigenvalue weighted by molar-refractivity contribution is 0.202. The van der Waals surface area contributed by atoms with Gasteiger partial charge in [-0.1, -0.05) is 30.4 Å². The minimum atomic E-state index is 0.783. The van der Waals surface area contributed by atoms with Crippen molar-refractivity contribution in [2.24, 2.45) is 0 Å². The summed E-state index contributed by atoms with van der Waals surface area (Å²) in [5.74, 6) is 0. The molecule has 0 radical (unpaired) electrons. The van der Waals surface area contributed by atoms with Crippen molar-refractivity contribution < 1.29 is 4.74 Å². The molecule has 0 atom stereocenters. The van der Waals surface area contributed by atoms with Gasteiger partial charge in [0.1, 0.15) is 0 Å². The molecule has 1 N–H and O–H groups in total. The quantitative estimate of drug-likeness (QED) is 0.629. The first-order chi connectivity index (χ1) is 6.74. The van der Waals surface area contributed by atoms with E-state index in [0.717, 1.165) is 19.6 Å². The van der Waals surface area contributed by atoms with Gasteiger partial charge < -0.3 is 10.1 Å². The number of rotatable bonds is 7. The van der Waals surface area contributed by atoms with Gasteiger partial charge in [0, 0.05) is 20.3 Å². The number of ether oxygens (including phenoxy) is 1. The molecule has 0 heterocycles. The van der Waals surface area contributed by atoms with Crippen LogP contribution >= 0.6 is 0 Å². The molecule has 0 saturated heterocycles. The van der Waals surface area contributed by atoms with Gasteiger partial charge in [0.25, 0.3) is 0 Å². The molecule has 0 amide bonds. The van der Waals surface area contributed by atoms with Crippen molar-refractivity contribution in [2.75, 3.05) is 27.3 Å². The number of hydrogen-bond donors (Lipinski definition) is 1. The minimum Gasteiger partial charge on any atom is -0.384 e. The van der Waals surface area contributed by atoms with Crippen molar-refractivity contribution in [1.29, 1.82) is 0 Å². The Bertz CT molecular complexity index is 216. The standard InChI is InChI=1S/C12H21NO/c1-5-12(10-13-3)7-6-11(2)8-9-14-4/h5-7,13H,1,8-10H2,2-4H3/b11-6-,12-7+. The zero-order chi connectivity index (χ0) is 10.8. The average Bonchev–Trinajstić information content (AvgIpc) is 2.21. The first-order valence-corrected chi connectivity index (χ1v) is 4.87. The molecule has 0 rings (SSSR count). The monoisotopic (exact) mass is 195 g/mol. The first-order valence-electron chi connectivity index (χ1n) is 4.87. The summed E-state index contributed by atoms with van der Waals surface area (Å²) < 4.78 is 5.00.